The zero-order valence-electron chi connectivity index (χ0n) is 10.5. The first kappa shape index (κ1) is 14.4. The summed E-state index contributed by atoms with van der Waals surface area (Å²) in [6, 6.07) is 2.75. The molecule has 0 atom stereocenters. The maximum absolute atomic E-state index is 12.5. The van der Waals surface area contributed by atoms with Crippen molar-refractivity contribution >= 4 is 27.3 Å². The number of anilines is 1. The fraction of sp³-hybridized carbons (Fsp3) is 0.455. The molecule has 3 N–H and O–H groups in total. The van der Waals surface area contributed by atoms with E-state index in [4.69, 9.17) is 17.3 Å². The molecule has 106 valence electrons. The van der Waals surface area contributed by atoms with E-state index >= 15 is 0 Å². The van der Waals surface area contributed by atoms with Crippen LogP contribution in [0.2, 0.25) is 5.02 Å². The monoisotopic (exact) mass is 305 g/mol. The average Bonchev–Trinajstić information content (AvgIpc) is 2.34. The van der Waals surface area contributed by atoms with Crippen LogP contribution in [0, 0.1) is 0 Å². The Hall–Kier alpha value is -1.02. The fourth-order valence-corrected chi connectivity index (χ4v) is 3.99. The molecular weight excluding hydrogens is 290 g/mol. The van der Waals surface area contributed by atoms with Gasteiger partial charge in [0.15, 0.2) is 5.75 Å². The minimum Gasteiger partial charge on any atom is -0.504 e. The van der Waals surface area contributed by atoms with E-state index < -0.39 is 15.8 Å². The maximum atomic E-state index is 12.5. The highest BCUT2D eigenvalue weighted by Gasteiger charge is 2.32. The molecule has 1 aliphatic rings. The van der Waals surface area contributed by atoms with Crippen LogP contribution in [0.3, 0.4) is 0 Å². The van der Waals surface area contributed by atoms with Crippen molar-refractivity contribution in [1.82, 2.24) is 9.21 Å². The number of rotatable bonds is 2. The van der Waals surface area contributed by atoms with Crippen LogP contribution in [0.4, 0.5) is 5.69 Å². The van der Waals surface area contributed by atoms with Crippen molar-refractivity contribution in [3.63, 3.8) is 0 Å². The largest absolute Gasteiger partial charge is 0.504 e. The Kier molecular flexibility index (Phi) is 3.91. The Balaban J connectivity index is 2.43. The van der Waals surface area contributed by atoms with Gasteiger partial charge in [-0.05, 0) is 19.2 Å². The Morgan fingerprint density at radius 3 is 2.42 bits per heavy atom. The van der Waals surface area contributed by atoms with Crippen LogP contribution in [-0.2, 0) is 10.0 Å². The highest BCUT2D eigenvalue weighted by Crippen LogP contribution is 2.37. The summed E-state index contributed by atoms with van der Waals surface area (Å²) in [7, 11) is -1.90. The van der Waals surface area contributed by atoms with Crippen LogP contribution >= 0.6 is 11.6 Å². The van der Waals surface area contributed by atoms with Crippen molar-refractivity contribution in [2.75, 3.05) is 39.0 Å². The fourth-order valence-electron chi connectivity index (χ4n) is 1.96. The summed E-state index contributed by atoms with van der Waals surface area (Å²) in [4.78, 5) is 1.73. The number of phenols is 1. The smallest absolute Gasteiger partial charge is 0.248 e. The standard InChI is InChI=1S/C11H16ClN3O3S/c1-14-4-6-15(7-5-14)19(17,18)11-8(12)2-3-9(13)10(11)16/h2-3,16H,4-7,13H2,1H3. The predicted octanol–water partition coefficient (Wildman–Crippen LogP) is 0.564. The lowest BCUT2D eigenvalue weighted by Crippen LogP contribution is -2.47. The molecule has 0 aliphatic carbocycles. The van der Waals surface area contributed by atoms with Crippen molar-refractivity contribution in [3.8, 4) is 5.75 Å². The molecule has 19 heavy (non-hydrogen) atoms. The zero-order valence-corrected chi connectivity index (χ0v) is 12.1. The summed E-state index contributed by atoms with van der Waals surface area (Å²) in [5, 5.41) is 9.85. The first-order valence-electron chi connectivity index (χ1n) is 5.79. The Morgan fingerprint density at radius 1 is 1.26 bits per heavy atom. The van der Waals surface area contributed by atoms with E-state index in [0.717, 1.165) is 0 Å². The second-order valence-corrected chi connectivity index (χ2v) is 6.80. The molecular formula is C11H16ClN3O3S. The summed E-state index contributed by atoms with van der Waals surface area (Å²) in [5.74, 6) is -0.480. The van der Waals surface area contributed by atoms with Gasteiger partial charge in [-0.3, -0.25) is 0 Å². The molecule has 0 saturated carbocycles. The van der Waals surface area contributed by atoms with E-state index in [0.29, 0.717) is 26.2 Å². The van der Waals surface area contributed by atoms with Crippen LogP contribution in [0.1, 0.15) is 0 Å². The number of halogens is 1. The predicted molar refractivity (Wildman–Crippen MR) is 73.8 cm³/mol. The molecule has 1 fully saturated rings. The molecule has 1 aromatic rings. The van der Waals surface area contributed by atoms with E-state index in [2.05, 4.69) is 0 Å². The van der Waals surface area contributed by atoms with Crippen LogP contribution < -0.4 is 5.73 Å². The van der Waals surface area contributed by atoms with Crippen LogP contribution in [0.5, 0.6) is 5.75 Å². The zero-order chi connectivity index (χ0) is 14.2. The summed E-state index contributed by atoms with van der Waals surface area (Å²) >= 11 is 5.90. The van der Waals surface area contributed by atoms with Crippen molar-refractivity contribution < 1.29 is 13.5 Å². The topological polar surface area (TPSA) is 86.9 Å². The second-order valence-electron chi connectivity index (χ2n) is 4.52. The van der Waals surface area contributed by atoms with Crippen molar-refractivity contribution in [1.29, 1.82) is 0 Å². The Bertz CT molecular complexity index is 583. The minimum absolute atomic E-state index is 0.00268. The highest BCUT2D eigenvalue weighted by atomic mass is 35.5. The number of phenolic OH excluding ortho intramolecular Hbond substituents is 1. The van der Waals surface area contributed by atoms with Gasteiger partial charge in [-0.2, -0.15) is 4.31 Å². The van der Waals surface area contributed by atoms with E-state index in [1.165, 1.54) is 16.4 Å². The molecule has 0 aromatic heterocycles. The molecule has 0 amide bonds. The number of likely N-dealkylation sites (N-methyl/N-ethyl adjacent to an activating group) is 1. The lowest BCUT2D eigenvalue weighted by Gasteiger charge is -2.31. The van der Waals surface area contributed by atoms with Gasteiger partial charge in [0.05, 0.1) is 10.7 Å². The number of benzene rings is 1. The minimum atomic E-state index is -3.82. The van der Waals surface area contributed by atoms with Crippen LogP contribution in [0.25, 0.3) is 0 Å². The molecule has 2 rings (SSSR count). The number of hydrogen-bond acceptors (Lipinski definition) is 5. The second kappa shape index (κ2) is 5.16. The van der Waals surface area contributed by atoms with Crippen molar-refractivity contribution in [3.05, 3.63) is 17.2 Å². The number of aromatic hydroxyl groups is 1. The normalized spacial score (nSPS) is 18.6. The third-order valence-electron chi connectivity index (χ3n) is 3.17. The number of piperazine rings is 1. The number of nitrogen functional groups attached to an aromatic ring is 1. The third kappa shape index (κ3) is 2.64. The Morgan fingerprint density at radius 2 is 1.84 bits per heavy atom. The number of sulfonamides is 1. The SMILES string of the molecule is CN1CCN(S(=O)(=O)c2c(Cl)ccc(N)c2O)CC1. The first-order chi connectivity index (χ1) is 8.84. The number of hydrogen-bond donors (Lipinski definition) is 2. The lowest BCUT2D eigenvalue weighted by molar-refractivity contribution is 0.222. The van der Waals surface area contributed by atoms with Gasteiger partial charge in [0.25, 0.3) is 0 Å². The Labute approximate surface area is 117 Å². The molecule has 0 bridgehead atoms. The van der Waals surface area contributed by atoms with E-state index in [1.54, 1.807) is 0 Å². The molecule has 1 aromatic carbocycles. The maximum Gasteiger partial charge on any atom is 0.248 e. The van der Waals surface area contributed by atoms with Crippen molar-refractivity contribution in [2.24, 2.45) is 0 Å². The van der Waals surface area contributed by atoms with Gasteiger partial charge in [0.1, 0.15) is 4.90 Å². The number of nitrogens with two attached hydrogens (primary N) is 1. The van der Waals surface area contributed by atoms with E-state index in [-0.39, 0.29) is 15.6 Å². The molecule has 1 aliphatic heterocycles. The lowest BCUT2D eigenvalue weighted by atomic mass is 10.3. The molecule has 0 radical (unpaired) electrons. The van der Waals surface area contributed by atoms with Gasteiger partial charge in [0.2, 0.25) is 10.0 Å². The van der Waals surface area contributed by atoms with Gasteiger partial charge in [-0.15, -0.1) is 0 Å². The van der Waals surface area contributed by atoms with Gasteiger partial charge in [-0.1, -0.05) is 11.6 Å². The quantitative estimate of drug-likeness (QED) is 0.616. The summed E-state index contributed by atoms with van der Waals surface area (Å²) in [5.41, 5.74) is 5.54. The van der Waals surface area contributed by atoms with E-state index in [1.807, 2.05) is 11.9 Å². The van der Waals surface area contributed by atoms with Gasteiger partial charge >= 0.3 is 0 Å². The summed E-state index contributed by atoms with van der Waals surface area (Å²) in [6.45, 7) is 2.01. The molecule has 0 unspecified atom stereocenters. The van der Waals surface area contributed by atoms with Crippen LogP contribution in [0.15, 0.2) is 17.0 Å². The van der Waals surface area contributed by atoms with E-state index in [9.17, 15) is 13.5 Å². The molecule has 6 nitrogen and oxygen atoms in total. The third-order valence-corrected chi connectivity index (χ3v) is 5.58. The van der Waals surface area contributed by atoms with Gasteiger partial charge in [0, 0.05) is 26.2 Å². The summed E-state index contributed by atoms with van der Waals surface area (Å²) < 4.78 is 26.3. The first-order valence-corrected chi connectivity index (χ1v) is 7.61. The highest BCUT2D eigenvalue weighted by molar-refractivity contribution is 7.89. The molecule has 0 spiro atoms. The van der Waals surface area contributed by atoms with Crippen LogP contribution in [-0.4, -0.2) is 56.0 Å². The molecule has 1 heterocycles. The molecule has 8 heteroatoms. The average molecular weight is 306 g/mol. The summed E-state index contributed by atoms with van der Waals surface area (Å²) in [6.07, 6.45) is 0. The molecule has 1 saturated heterocycles. The number of nitrogens with zero attached hydrogens (tertiary/aromatic N) is 2. The van der Waals surface area contributed by atoms with Gasteiger partial charge in [-0.25, -0.2) is 8.42 Å². The van der Waals surface area contributed by atoms with Gasteiger partial charge < -0.3 is 15.7 Å². The van der Waals surface area contributed by atoms with Crippen molar-refractivity contribution in [2.45, 2.75) is 4.90 Å².